The molecule has 24 heavy (non-hydrogen) atoms. The van der Waals surface area contributed by atoms with Crippen molar-refractivity contribution < 1.29 is 13.6 Å². The van der Waals surface area contributed by atoms with E-state index < -0.39 is 17.7 Å². The van der Waals surface area contributed by atoms with Gasteiger partial charge in [-0.15, -0.1) is 11.3 Å². The van der Waals surface area contributed by atoms with Crippen LogP contribution < -0.4 is 10.2 Å². The Hall–Kier alpha value is -2.06. The largest absolute Gasteiger partial charge is 0.346 e. The number of nitrogens with zero attached hydrogens (tertiary/aromatic N) is 3. The molecule has 2 heterocycles. The van der Waals surface area contributed by atoms with Gasteiger partial charge in [0.1, 0.15) is 11.6 Å². The quantitative estimate of drug-likeness (QED) is 0.919. The van der Waals surface area contributed by atoms with Gasteiger partial charge in [0.05, 0.1) is 11.7 Å². The highest BCUT2D eigenvalue weighted by atomic mass is 32.1. The number of amides is 1. The van der Waals surface area contributed by atoms with Gasteiger partial charge >= 0.3 is 0 Å². The highest BCUT2D eigenvalue weighted by Gasteiger charge is 2.26. The summed E-state index contributed by atoms with van der Waals surface area (Å²) in [6, 6.07) is 2.58. The first-order valence-electron chi connectivity index (χ1n) is 7.69. The average molecular weight is 352 g/mol. The molecule has 5 nitrogen and oxygen atoms in total. The Bertz CT molecular complexity index is 702. The lowest BCUT2D eigenvalue weighted by molar-refractivity contribution is -0.120. The molecule has 0 saturated carbocycles. The summed E-state index contributed by atoms with van der Waals surface area (Å²) in [5, 5.41) is 5.38. The number of halogens is 2. The van der Waals surface area contributed by atoms with E-state index in [-0.39, 0.29) is 11.6 Å². The molecule has 1 unspecified atom stereocenters. The molecule has 8 heteroatoms. The standard InChI is InChI=1S/C16H18F2N4OS/c1-11(15(23)20-14-10-12(17)2-3-13(14)18)21-5-7-22(8-6-21)16-19-4-9-24-16/h2-4,9-11H,5-8H2,1H3,(H,20,23). The first kappa shape index (κ1) is 16.8. The summed E-state index contributed by atoms with van der Waals surface area (Å²) in [4.78, 5) is 20.8. The lowest BCUT2D eigenvalue weighted by Crippen LogP contribution is -2.52. The normalized spacial score (nSPS) is 16.9. The number of rotatable bonds is 4. The van der Waals surface area contributed by atoms with Gasteiger partial charge in [0, 0.05) is 43.8 Å². The Kier molecular flexibility index (Phi) is 5.06. The zero-order valence-electron chi connectivity index (χ0n) is 13.2. The van der Waals surface area contributed by atoms with Crippen LogP contribution in [-0.2, 0) is 4.79 Å². The van der Waals surface area contributed by atoms with Crippen LogP contribution >= 0.6 is 11.3 Å². The molecule has 0 spiro atoms. The van der Waals surface area contributed by atoms with Crippen LogP contribution in [0, 0.1) is 11.6 Å². The van der Waals surface area contributed by atoms with Crippen LogP contribution in [0.2, 0.25) is 0 Å². The SMILES string of the molecule is CC(C(=O)Nc1cc(F)ccc1F)N1CCN(c2nccs2)CC1. The number of hydrogen-bond donors (Lipinski definition) is 1. The molecule has 1 saturated heterocycles. The molecular weight excluding hydrogens is 334 g/mol. The Balaban J connectivity index is 1.57. The van der Waals surface area contributed by atoms with E-state index >= 15 is 0 Å². The van der Waals surface area contributed by atoms with Gasteiger partial charge < -0.3 is 10.2 Å². The van der Waals surface area contributed by atoms with E-state index in [0.717, 1.165) is 36.4 Å². The third kappa shape index (κ3) is 3.70. The van der Waals surface area contributed by atoms with Crippen molar-refractivity contribution in [3.05, 3.63) is 41.4 Å². The van der Waals surface area contributed by atoms with E-state index in [4.69, 9.17) is 0 Å². The lowest BCUT2D eigenvalue weighted by atomic mass is 10.2. The molecule has 1 atom stereocenters. The van der Waals surface area contributed by atoms with Crippen LogP contribution in [0.5, 0.6) is 0 Å². The van der Waals surface area contributed by atoms with Crippen LogP contribution in [0.1, 0.15) is 6.92 Å². The van der Waals surface area contributed by atoms with Crippen molar-refractivity contribution in [1.82, 2.24) is 9.88 Å². The zero-order valence-corrected chi connectivity index (χ0v) is 14.0. The van der Waals surface area contributed by atoms with E-state index in [1.807, 2.05) is 10.3 Å². The summed E-state index contributed by atoms with van der Waals surface area (Å²) in [5.74, 6) is -1.58. The van der Waals surface area contributed by atoms with Crippen LogP contribution in [0.3, 0.4) is 0 Å². The number of anilines is 2. The minimum atomic E-state index is -0.648. The van der Waals surface area contributed by atoms with E-state index in [0.29, 0.717) is 13.1 Å². The molecule has 1 N–H and O–H groups in total. The minimum absolute atomic E-state index is 0.131. The van der Waals surface area contributed by atoms with Crippen molar-refractivity contribution in [2.45, 2.75) is 13.0 Å². The van der Waals surface area contributed by atoms with Crippen molar-refractivity contribution in [1.29, 1.82) is 0 Å². The predicted octanol–water partition coefficient (Wildman–Crippen LogP) is 2.57. The number of hydrogen-bond acceptors (Lipinski definition) is 5. The highest BCUT2D eigenvalue weighted by molar-refractivity contribution is 7.13. The van der Waals surface area contributed by atoms with E-state index in [9.17, 15) is 13.6 Å². The maximum absolute atomic E-state index is 13.6. The Labute approximate surface area is 142 Å². The summed E-state index contributed by atoms with van der Waals surface area (Å²) in [5.41, 5.74) is -0.131. The van der Waals surface area contributed by atoms with Gasteiger partial charge in [-0.2, -0.15) is 0 Å². The third-order valence-electron chi connectivity index (χ3n) is 4.12. The molecular formula is C16H18F2N4OS. The summed E-state index contributed by atoms with van der Waals surface area (Å²) in [6.07, 6.45) is 1.77. The molecule has 1 aliphatic rings. The van der Waals surface area contributed by atoms with Crippen LogP contribution in [0.15, 0.2) is 29.8 Å². The Morgan fingerprint density at radius 2 is 2.04 bits per heavy atom. The second kappa shape index (κ2) is 7.23. The van der Waals surface area contributed by atoms with Crippen molar-refractivity contribution in [2.75, 3.05) is 36.4 Å². The van der Waals surface area contributed by atoms with Gasteiger partial charge in [-0.05, 0) is 19.1 Å². The summed E-state index contributed by atoms with van der Waals surface area (Å²) < 4.78 is 26.8. The molecule has 1 aromatic carbocycles. The fraction of sp³-hybridized carbons (Fsp3) is 0.375. The van der Waals surface area contributed by atoms with E-state index in [1.54, 1.807) is 24.5 Å². The van der Waals surface area contributed by atoms with Gasteiger partial charge in [0.25, 0.3) is 0 Å². The van der Waals surface area contributed by atoms with Crippen LogP contribution in [-0.4, -0.2) is 48.0 Å². The molecule has 2 aromatic rings. The monoisotopic (exact) mass is 352 g/mol. The van der Waals surface area contributed by atoms with Crippen LogP contribution in [0.25, 0.3) is 0 Å². The molecule has 3 rings (SSSR count). The molecule has 1 fully saturated rings. The van der Waals surface area contributed by atoms with Crippen molar-refractivity contribution >= 4 is 28.1 Å². The van der Waals surface area contributed by atoms with E-state index in [1.165, 1.54) is 0 Å². The molecule has 0 aliphatic carbocycles. The number of carbonyl (C=O) groups is 1. The zero-order chi connectivity index (χ0) is 17.1. The number of thiazole rings is 1. The van der Waals surface area contributed by atoms with Crippen molar-refractivity contribution in [3.63, 3.8) is 0 Å². The highest BCUT2D eigenvalue weighted by Crippen LogP contribution is 2.20. The molecule has 0 radical (unpaired) electrons. The fourth-order valence-electron chi connectivity index (χ4n) is 2.67. The smallest absolute Gasteiger partial charge is 0.241 e. The predicted molar refractivity (Wildman–Crippen MR) is 90.3 cm³/mol. The van der Waals surface area contributed by atoms with Crippen LogP contribution in [0.4, 0.5) is 19.6 Å². The Morgan fingerprint density at radius 3 is 2.71 bits per heavy atom. The van der Waals surface area contributed by atoms with Gasteiger partial charge in [-0.3, -0.25) is 9.69 Å². The summed E-state index contributed by atoms with van der Waals surface area (Å²) >= 11 is 1.59. The van der Waals surface area contributed by atoms with Crippen molar-refractivity contribution in [3.8, 4) is 0 Å². The first-order chi connectivity index (χ1) is 11.5. The second-order valence-electron chi connectivity index (χ2n) is 5.63. The fourth-order valence-corrected chi connectivity index (χ4v) is 3.37. The molecule has 1 aliphatic heterocycles. The number of aromatic nitrogens is 1. The van der Waals surface area contributed by atoms with Gasteiger partial charge in [-0.1, -0.05) is 0 Å². The number of nitrogens with one attached hydrogen (secondary N) is 1. The topological polar surface area (TPSA) is 48.5 Å². The summed E-state index contributed by atoms with van der Waals surface area (Å²) in [6.45, 7) is 4.74. The maximum Gasteiger partial charge on any atom is 0.241 e. The van der Waals surface area contributed by atoms with Gasteiger partial charge in [0.2, 0.25) is 5.91 Å². The van der Waals surface area contributed by atoms with E-state index in [2.05, 4.69) is 15.2 Å². The van der Waals surface area contributed by atoms with Gasteiger partial charge in [-0.25, -0.2) is 13.8 Å². The summed E-state index contributed by atoms with van der Waals surface area (Å²) in [7, 11) is 0. The number of piperazine rings is 1. The molecule has 0 bridgehead atoms. The molecule has 1 aromatic heterocycles. The minimum Gasteiger partial charge on any atom is -0.346 e. The van der Waals surface area contributed by atoms with Crippen molar-refractivity contribution in [2.24, 2.45) is 0 Å². The first-order valence-corrected chi connectivity index (χ1v) is 8.57. The maximum atomic E-state index is 13.6. The third-order valence-corrected chi connectivity index (χ3v) is 4.95. The molecule has 1 amide bonds. The number of benzene rings is 1. The lowest BCUT2D eigenvalue weighted by Gasteiger charge is -2.37. The second-order valence-corrected chi connectivity index (χ2v) is 6.50. The average Bonchev–Trinajstić information content (AvgIpc) is 3.12. The number of carbonyl (C=O) groups excluding carboxylic acids is 1. The van der Waals surface area contributed by atoms with Gasteiger partial charge in [0.15, 0.2) is 5.13 Å². The molecule has 128 valence electrons. The Morgan fingerprint density at radius 1 is 1.29 bits per heavy atom.